The number of benzene rings is 3. The summed E-state index contributed by atoms with van der Waals surface area (Å²) in [4.78, 5) is 0. The van der Waals surface area contributed by atoms with Crippen LogP contribution >= 0.6 is 0 Å². The molecule has 0 unspecified atom stereocenters. The molecule has 32 heavy (non-hydrogen) atoms. The number of hydrogen-bond acceptors (Lipinski definition) is 0. The maximum Gasteiger partial charge on any atom is -0.00203 e. The minimum Gasteiger partial charge on any atom is -0.0622 e. The zero-order chi connectivity index (χ0) is 23.1. The van der Waals surface area contributed by atoms with Crippen LogP contribution in [0.1, 0.15) is 91.6 Å². The molecular weight excluding hydrogens is 384 g/mol. The molecule has 0 heteroatoms. The zero-order valence-corrected chi connectivity index (χ0v) is 21.2. The van der Waals surface area contributed by atoms with Gasteiger partial charge in [0.05, 0.1) is 0 Å². The average Bonchev–Trinajstić information content (AvgIpc) is 2.71. The lowest BCUT2D eigenvalue weighted by Crippen LogP contribution is -2.17. The van der Waals surface area contributed by atoms with E-state index < -0.39 is 0 Å². The molecule has 0 saturated carbocycles. The highest BCUT2D eigenvalue weighted by molar-refractivity contribution is 5.48. The molecule has 0 aliphatic heterocycles. The lowest BCUT2D eigenvalue weighted by atomic mass is 9.78. The molecule has 4 bridgehead atoms. The fourth-order valence-corrected chi connectivity index (χ4v) is 5.03. The summed E-state index contributed by atoms with van der Waals surface area (Å²) in [5, 5.41) is 0. The summed E-state index contributed by atoms with van der Waals surface area (Å²) >= 11 is 0. The molecule has 0 N–H and O–H groups in total. The van der Waals surface area contributed by atoms with E-state index >= 15 is 0 Å². The van der Waals surface area contributed by atoms with Crippen LogP contribution in [0.25, 0.3) is 0 Å². The van der Waals surface area contributed by atoms with Crippen LogP contribution in [0.5, 0.6) is 0 Å². The Balaban J connectivity index is 1.83. The Morgan fingerprint density at radius 3 is 1.44 bits per heavy atom. The predicted molar refractivity (Wildman–Crippen MR) is 139 cm³/mol. The van der Waals surface area contributed by atoms with Gasteiger partial charge in [0.2, 0.25) is 0 Å². The van der Waals surface area contributed by atoms with Gasteiger partial charge in [-0.2, -0.15) is 0 Å². The van der Waals surface area contributed by atoms with Crippen molar-refractivity contribution in [1.29, 1.82) is 0 Å². The van der Waals surface area contributed by atoms with Crippen LogP contribution in [0.15, 0.2) is 54.6 Å². The van der Waals surface area contributed by atoms with Crippen LogP contribution in [-0.4, -0.2) is 0 Å². The van der Waals surface area contributed by atoms with Gasteiger partial charge in [-0.25, -0.2) is 0 Å². The van der Waals surface area contributed by atoms with Crippen LogP contribution < -0.4 is 0 Å². The fourth-order valence-electron chi connectivity index (χ4n) is 5.03. The van der Waals surface area contributed by atoms with Crippen molar-refractivity contribution in [3.63, 3.8) is 0 Å². The number of aryl methyl sites for hydroxylation is 4. The standard InChI is InChI=1S/C32H40/c1-22-24-13-15-26-20-29(32(5,6)7)21-27(30(26)17-23-11-9-8-10-12-23)16-14-25(22)19-28(18-24)31(2,3)4/h8-12,18-21H,13-17H2,1-7H3. The largest absolute Gasteiger partial charge is 0.0622 e. The molecule has 0 heterocycles. The maximum atomic E-state index is 2.52. The zero-order valence-electron chi connectivity index (χ0n) is 21.2. The van der Waals surface area contributed by atoms with E-state index in [0.717, 1.165) is 32.1 Å². The van der Waals surface area contributed by atoms with Gasteiger partial charge in [-0.3, -0.25) is 0 Å². The summed E-state index contributed by atoms with van der Waals surface area (Å²) in [6.07, 6.45) is 5.52. The van der Waals surface area contributed by atoms with Crippen molar-refractivity contribution in [2.24, 2.45) is 0 Å². The SMILES string of the molecule is Cc1c2cc(C(C)(C)C)cc1CCc1cc(C(C)(C)C)cc(c1Cc1ccccc1)CC2. The molecule has 168 valence electrons. The molecule has 0 saturated heterocycles. The average molecular weight is 425 g/mol. The van der Waals surface area contributed by atoms with Crippen molar-refractivity contribution >= 4 is 0 Å². The van der Waals surface area contributed by atoms with E-state index in [2.05, 4.69) is 103 Å². The Morgan fingerprint density at radius 2 is 1.00 bits per heavy atom. The van der Waals surface area contributed by atoms with Crippen LogP contribution in [-0.2, 0) is 42.9 Å². The summed E-state index contributed by atoms with van der Waals surface area (Å²) < 4.78 is 0. The molecule has 3 aromatic rings. The first-order valence-electron chi connectivity index (χ1n) is 12.3. The Hall–Kier alpha value is -2.34. The van der Waals surface area contributed by atoms with Crippen molar-refractivity contribution in [3.05, 3.63) is 105 Å². The highest BCUT2D eigenvalue weighted by Crippen LogP contribution is 2.34. The minimum absolute atomic E-state index is 0.169. The summed E-state index contributed by atoms with van der Waals surface area (Å²) in [7, 11) is 0. The molecule has 4 rings (SSSR count). The van der Waals surface area contributed by atoms with Gasteiger partial charge in [-0.1, -0.05) is 96.1 Å². The smallest absolute Gasteiger partial charge is 0.00203 e. The van der Waals surface area contributed by atoms with Crippen LogP contribution in [0.2, 0.25) is 0 Å². The first-order valence-corrected chi connectivity index (χ1v) is 12.3. The first kappa shape index (κ1) is 22.8. The summed E-state index contributed by atoms with van der Waals surface area (Å²) in [6.45, 7) is 16.4. The van der Waals surface area contributed by atoms with Crippen molar-refractivity contribution in [2.45, 2.75) is 91.4 Å². The molecule has 0 amide bonds. The molecule has 1 aliphatic carbocycles. The van der Waals surface area contributed by atoms with Gasteiger partial charge >= 0.3 is 0 Å². The molecule has 0 radical (unpaired) electrons. The Kier molecular flexibility index (Phi) is 6.10. The van der Waals surface area contributed by atoms with Crippen molar-refractivity contribution in [2.75, 3.05) is 0 Å². The second kappa shape index (κ2) is 8.54. The van der Waals surface area contributed by atoms with Crippen LogP contribution in [0.3, 0.4) is 0 Å². The van der Waals surface area contributed by atoms with Crippen molar-refractivity contribution in [3.8, 4) is 0 Å². The van der Waals surface area contributed by atoms with E-state index in [9.17, 15) is 0 Å². The summed E-state index contributed by atoms with van der Waals surface area (Å²) in [6, 6.07) is 21.0. The number of fused-ring (bicyclic) bond motifs is 4. The maximum absolute atomic E-state index is 2.52. The number of hydrogen-bond donors (Lipinski definition) is 0. The van der Waals surface area contributed by atoms with E-state index in [-0.39, 0.29) is 10.8 Å². The monoisotopic (exact) mass is 424 g/mol. The Morgan fingerprint density at radius 1 is 0.594 bits per heavy atom. The lowest BCUT2D eigenvalue weighted by molar-refractivity contribution is 0.585. The first-order chi connectivity index (χ1) is 15.0. The lowest BCUT2D eigenvalue weighted by Gasteiger charge is -2.27. The molecule has 0 aromatic heterocycles. The van der Waals surface area contributed by atoms with E-state index in [0.29, 0.717) is 0 Å². The Labute approximate surface area is 196 Å². The molecule has 0 nitrogen and oxygen atoms in total. The second-order valence-electron chi connectivity index (χ2n) is 11.9. The third-order valence-corrected chi connectivity index (χ3v) is 7.34. The molecule has 0 atom stereocenters. The number of rotatable bonds is 2. The molecule has 0 fully saturated rings. The normalized spacial score (nSPS) is 14.3. The van der Waals surface area contributed by atoms with Gasteiger partial charge in [0.25, 0.3) is 0 Å². The summed E-state index contributed by atoms with van der Waals surface area (Å²) in [5.41, 5.74) is 14.0. The van der Waals surface area contributed by atoms with Gasteiger partial charge in [0, 0.05) is 0 Å². The Bertz CT molecular complexity index is 1050. The fraction of sp³-hybridized carbons (Fsp3) is 0.438. The summed E-state index contributed by atoms with van der Waals surface area (Å²) in [5.74, 6) is 0. The van der Waals surface area contributed by atoms with Gasteiger partial charge in [0.1, 0.15) is 0 Å². The molecular formula is C32H40. The topological polar surface area (TPSA) is 0 Å². The van der Waals surface area contributed by atoms with Crippen LogP contribution in [0.4, 0.5) is 0 Å². The van der Waals surface area contributed by atoms with Crippen molar-refractivity contribution < 1.29 is 0 Å². The highest BCUT2D eigenvalue weighted by Gasteiger charge is 2.22. The minimum atomic E-state index is 0.169. The van der Waals surface area contributed by atoms with E-state index in [1.54, 1.807) is 27.8 Å². The predicted octanol–water partition coefficient (Wildman–Crippen LogP) is 8.06. The van der Waals surface area contributed by atoms with E-state index in [1.165, 1.54) is 22.3 Å². The van der Waals surface area contributed by atoms with Gasteiger partial charge in [-0.05, 0) is 99.9 Å². The van der Waals surface area contributed by atoms with E-state index in [4.69, 9.17) is 0 Å². The van der Waals surface area contributed by atoms with E-state index in [1.807, 2.05) is 0 Å². The van der Waals surface area contributed by atoms with Crippen LogP contribution in [0, 0.1) is 6.92 Å². The molecule has 0 spiro atoms. The third-order valence-electron chi connectivity index (χ3n) is 7.34. The molecule has 3 aromatic carbocycles. The van der Waals surface area contributed by atoms with Gasteiger partial charge in [-0.15, -0.1) is 0 Å². The highest BCUT2D eigenvalue weighted by atomic mass is 14.3. The quantitative estimate of drug-likeness (QED) is 0.390. The second-order valence-corrected chi connectivity index (χ2v) is 11.9. The van der Waals surface area contributed by atoms with Gasteiger partial charge < -0.3 is 0 Å². The van der Waals surface area contributed by atoms with Gasteiger partial charge in [0.15, 0.2) is 0 Å². The molecule has 1 aliphatic rings. The van der Waals surface area contributed by atoms with Crippen molar-refractivity contribution in [1.82, 2.24) is 0 Å². The third kappa shape index (κ3) is 4.85.